The lowest BCUT2D eigenvalue weighted by Crippen LogP contribution is -2.26. The van der Waals surface area contributed by atoms with Crippen LogP contribution in [0.4, 0.5) is 0 Å². The van der Waals surface area contributed by atoms with Gasteiger partial charge >= 0.3 is 0 Å². The molecule has 1 nitrogen and oxygen atoms in total. The second-order valence-corrected chi connectivity index (χ2v) is 7.24. The summed E-state index contributed by atoms with van der Waals surface area (Å²) in [6.45, 7) is 2.73. The van der Waals surface area contributed by atoms with Crippen LogP contribution in [0.5, 0.6) is 0 Å². The predicted octanol–water partition coefficient (Wildman–Crippen LogP) is 5.17. The van der Waals surface area contributed by atoms with E-state index in [1.165, 1.54) is 77.0 Å². The molecule has 2 rings (SSSR count). The lowest BCUT2D eigenvalue weighted by atomic mass is 9.69. The van der Waals surface area contributed by atoms with Gasteiger partial charge in [-0.25, -0.2) is 0 Å². The summed E-state index contributed by atoms with van der Waals surface area (Å²) in [7, 11) is 0. The Morgan fingerprint density at radius 3 is 1.74 bits per heavy atom. The van der Waals surface area contributed by atoms with Crippen molar-refractivity contribution in [1.82, 2.24) is 0 Å². The molecule has 2 aliphatic rings. The summed E-state index contributed by atoms with van der Waals surface area (Å²) in [5.74, 6) is 3.71. The average molecular weight is 266 g/mol. The minimum Gasteiger partial charge on any atom is -0.396 e. The Kier molecular flexibility index (Phi) is 6.70. The first-order valence-electron chi connectivity index (χ1n) is 8.94. The molecule has 0 amide bonds. The van der Waals surface area contributed by atoms with Crippen LogP contribution in [0.3, 0.4) is 0 Å². The molecule has 0 radical (unpaired) electrons. The van der Waals surface area contributed by atoms with Crippen molar-refractivity contribution in [2.45, 2.75) is 84.0 Å². The quantitative estimate of drug-likeness (QED) is 0.657. The van der Waals surface area contributed by atoms with E-state index in [1.807, 2.05) is 0 Å². The first kappa shape index (κ1) is 15.4. The van der Waals surface area contributed by atoms with Crippen LogP contribution in [0, 0.1) is 23.7 Å². The van der Waals surface area contributed by atoms with Crippen LogP contribution in [0.2, 0.25) is 0 Å². The SMILES string of the molecule is CCCCCC1CCC([C@H]2CC[C@H](CO)CC2)CC1. The maximum absolute atomic E-state index is 9.23. The molecular weight excluding hydrogens is 232 g/mol. The van der Waals surface area contributed by atoms with Crippen LogP contribution >= 0.6 is 0 Å². The zero-order valence-electron chi connectivity index (χ0n) is 12.9. The normalized spacial score (nSPS) is 36.3. The van der Waals surface area contributed by atoms with Crippen molar-refractivity contribution in [2.24, 2.45) is 23.7 Å². The number of aliphatic hydroxyl groups excluding tert-OH is 1. The van der Waals surface area contributed by atoms with Gasteiger partial charge in [0.05, 0.1) is 0 Å². The molecule has 0 atom stereocenters. The van der Waals surface area contributed by atoms with Crippen molar-refractivity contribution in [2.75, 3.05) is 6.61 Å². The molecule has 0 unspecified atom stereocenters. The summed E-state index contributed by atoms with van der Waals surface area (Å²) in [5.41, 5.74) is 0. The van der Waals surface area contributed by atoms with Gasteiger partial charge in [0.15, 0.2) is 0 Å². The summed E-state index contributed by atoms with van der Waals surface area (Å²) in [6, 6.07) is 0. The fraction of sp³-hybridized carbons (Fsp3) is 1.00. The predicted molar refractivity (Wildman–Crippen MR) is 82.1 cm³/mol. The van der Waals surface area contributed by atoms with Gasteiger partial charge in [-0.05, 0) is 62.2 Å². The standard InChI is InChI=1S/C18H34O/c1-2-3-4-5-15-6-10-17(11-7-15)18-12-8-16(14-19)9-13-18/h15-19H,2-14H2,1H3/t15?,16-,17?,18-. The Balaban J connectivity index is 1.63. The van der Waals surface area contributed by atoms with Gasteiger partial charge in [-0.15, -0.1) is 0 Å². The molecule has 2 saturated carbocycles. The van der Waals surface area contributed by atoms with Crippen LogP contribution in [0.25, 0.3) is 0 Å². The highest BCUT2D eigenvalue weighted by molar-refractivity contribution is 4.81. The Hall–Kier alpha value is -0.0400. The van der Waals surface area contributed by atoms with Gasteiger partial charge in [0.2, 0.25) is 0 Å². The number of aliphatic hydroxyl groups is 1. The van der Waals surface area contributed by atoms with Crippen molar-refractivity contribution in [3.05, 3.63) is 0 Å². The first-order chi connectivity index (χ1) is 9.33. The van der Waals surface area contributed by atoms with E-state index in [0.29, 0.717) is 12.5 Å². The van der Waals surface area contributed by atoms with E-state index < -0.39 is 0 Å². The smallest absolute Gasteiger partial charge is 0.0459 e. The molecule has 0 bridgehead atoms. The molecule has 0 aromatic carbocycles. The third kappa shape index (κ3) is 4.77. The zero-order chi connectivity index (χ0) is 13.5. The van der Waals surface area contributed by atoms with Crippen LogP contribution in [-0.4, -0.2) is 11.7 Å². The van der Waals surface area contributed by atoms with Crippen LogP contribution in [0.1, 0.15) is 84.0 Å². The van der Waals surface area contributed by atoms with E-state index in [1.54, 1.807) is 0 Å². The fourth-order valence-electron chi connectivity index (χ4n) is 4.47. The molecule has 1 heteroatoms. The van der Waals surface area contributed by atoms with Gasteiger partial charge in [0, 0.05) is 6.61 Å². The van der Waals surface area contributed by atoms with Crippen molar-refractivity contribution < 1.29 is 5.11 Å². The molecule has 0 spiro atoms. The van der Waals surface area contributed by atoms with Crippen molar-refractivity contribution in [3.8, 4) is 0 Å². The van der Waals surface area contributed by atoms with Gasteiger partial charge in [0.25, 0.3) is 0 Å². The van der Waals surface area contributed by atoms with Crippen LogP contribution < -0.4 is 0 Å². The Morgan fingerprint density at radius 2 is 1.26 bits per heavy atom. The first-order valence-corrected chi connectivity index (χ1v) is 8.94. The van der Waals surface area contributed by atoms with Crippen molar-refractivity contribution >= 4 is 0 Å². The number of hydrogen-bond acceptors (Lipinski definition) is 1. The fourth-order valence-corrected chi connectivity index (χ4v) is 4.47. The average Bonchev–Trinajstić information content (AvgIpc) is 2.48. The molecule has 0 heterocycles. The Morgan fingerprint density at radius 1 is 0.737 bits per heavy atom. The second kappa shape index (κ2) is 8.29. The van der Waals surface area contributed by atoms with Gasteiger partial charge < -0.3 is 5.11 Å². The maximum atomic E-state index is 9.23. The van der Waals surface area contributed by atoms with Gasteiger partial charge in [0.1, 0.15) is 0 Å². The summed E-state index contributed by atoms with van der Waals surface area (Å²) in [6.07, 6.45) is 17.2. The molecular formula is C18H34O. The van der Waals surface area contributed by atoms with Gasteiger partial charge in [-0.1, -0.05) is 45.4 Å². The zero-order valence-corrected chi connectivity index (χ0v) is 12.9. The molecule has 19 heavy (non-hydrogen) atoms. The summed E-state index contributed by atoms with van der Waals surface area (Å²) in [5, 5.41) is 9.23. The maximum Gasteiger partial charge on any atom is 0.0459 e. The van der Waals surface area contributed by atoms with Gasteiger partial charge in [-0.3, -0.25) is 0 Å². The molecule has 0 aromatic heterocycles. The Labute approximate surface area is 120 Å². The highest BCUT2D eigenvalue weighted by Crippen LogP contribution is 2.42. The number of unbranched alkanes of at least 4 members (excludes halogenated alkanes) is 2. The van der Waals surface area contributed by atoms with E-state index in [-0.39, 0.29) is 0 Å². The van der Waals surface area contributed by atoms with E-state index in [0.717, 1.165) is 17.8 Å². The third-order valence-corrected chi connectivity index (χ3v) is 5.92. The molecule has 0 saturated heterocycles. The largest absolute Gasteiger partial charge is 0.396 e. The summed E-state index contributed by atoms with van der Waals surface area (Å²) < 4.78 is 0. The van der Waals surface area contributed by atoms with Crippen molar-refractivity contribution in [1.29, 1.82) is 0 Å². The van der Waals surface area contributed by atoms with E-state index in [4.69, 9.17) is 0 Å². The van der Waals surface area contributed by atoms with E-state index >= 15 is 0 Å². The minimum absolute atomic E-state index is 0.427. The third-order valence-electron chi connectivity index (χ3n) is 5.92. The van der Waals surface area contributed by atoms with Crippen LogP contribution in [0.15, 0.2) is 0 Å². The molecule has 2 aliphatic carbocycles. The molecule has 1 N–H and O–H groups in total. The minimum atomic E-state index is 0.427. The second-order valence-electron chi connectivity index (χ2n) is 7.24. The highest BCUT2D eigenvalue weighted by atomic mass is 16.3. The molecule has 2 fully saturated rings. The molecule has 112 valence electrons. The van der Waals surface area contributed by atoms with Crippen molar-refractivity contribution in [3.63, 3.8) is 0 Å². The van der Waals surface area contributed by atoms with E-state index in [2.05, 4.69) is 6.92 Å². The molecule has 0 aromatic rings. The van der Waals surface area contributed by atoms with E-state index in [9.17, 15) is 5.11 Å². The summed E-state index contributed by atoms with van der Waals surface area (Å²) >= 11 is 0. The monoisotopic (exact) mass is 266 g/mol. The topological polar surface area (TPSA) is 20.2 Å². The number of rotatable bonds is 6. The lowest BCUT2D eigenvalue weighted by molar-refractivity contribution is 0.115. The lowest BCUT2D eigenvalue weighted by Gasteiger charge is -2.37. The summed E-state index contributed by atoms with van der Waals surface area (Å²) in [4.78, 5) is 0. The van der Waals surface area contributed by atoms with Gasteiger partial charge in [-0.2, -0.15) is 0 Å². The number of hydrogen-bond donors (Lipinski definition) is 1. The highest BCUT2D eigenvalue weighted by Gasteiger charge is 2.30. The Bertz CT molecular complexity index is 222. The van der Waals surface area contributed by atoms with Crippen LogP contribution in [-0.2, 0) is 0 Å². The molecule has 0 aliphatic heterocycles.